The fourth-order valence-corrected chi connectivity index (χ4v) is 5.13. The van der Waals surface area contributed by atoms with Crippen molar-refractivity contribution in [3.63, 3.8) is 0 Å². The Labute approximate surface area is 224 Å². The summed E-state index contributed by atoms with van der Waals surface area (Å²) in [6.45, 7) is 8.65. The number of fused-ring (bicyclic) bond motifs is 3. The molecule has 0 saturated heterocycles. The van der Waals surface area contributed by atoms with Crippen LogP contribution in [0.4, 0.5) is 0 Å². The quantitative estimate of drug-likeness (QED) is 0.191. The van der Waals surface area contributed by atoms with Gasteiger partial charge >= 0.3 is 0 Å². The van der Waals surface area contributed by atoms with E-state index in [2.05, 4.69) is 56.0 Å². The third-order valence-electron chi connectivity index (χ3n) is 7.34. The summed E-state index contributed by atoms with van der Waals surface area (Å²) in [7, 11) is 0. The molecule has 1 saturated carbocycles. The summed E-state index contributed by atoms with van der Waals surface area (Å²) >= 11 is 0. The van der Waals surface area contributed by atoms with Crippen molar-refractivity contribution >= 4 is 38.6 Å². The van der Waals surface area contributed by atoms with Gasteiger partial charge in [0, 0.05) is 22.2 Å². The van der Waals surface area contributed by atoms with E-state index in [1.807, 2.05) is 61.5 Å². The molecule has 3 aromatic carbocycles. The van der Waals surface area contributed by atoms with Crippen LogP contribution in [0.3, 0.4) is 0 Å². The van der Waals surface area contributed by atoms with E-state index in [9.17, 15) is 0 Å². The zero-order valence-electron chi connectivity index (χ0n) is 21.9. The number of hydrogen-bond donors (Lipinski definition) is 1. The number of aromatic nitrogens is 2. The highest BCUT2D eigenvalue weighted by molar-refractivity contribution is 6.06. The van der Waals surface area contributed by atoms with Gasteiger partial charge in [0.15, 0.2) is 0 Å². The van der Waals surface area contributed by atoms with Gasteiger partial charge in [-0.25, -0.2) is 4.98 Å². The summed E-state index contributed by atoms with van der Waals surface area (Å²) in [6.07, 6.45) is 6.61. The van der Waals surface area contributed by atoms with E-state index in [-0.39, 0.29) is 0 Å². The first kappa shape index (κ1) is 23.9. The van der Waals surface area contributed by atoms with Gasteiger partial charge in [0.25, 0.3) is 0 Å². The first-order valence-electron chi connectivity index (χ1n) is 13.2. The highest BCUT2D eigenvalue weighted by Gasteiger charge is 2.27. The van der Waals surface area contributed by atoms with Crippen molar-refractivity contribution in [3.05, 3.63) is 137 Å². The van der Waals surface area contributed by atoms with E-state index < -0.39 is 0 Å². The van der Waals surface area contributed by atoms with Gasteiger partial charge in [-0.05, 0) is 96.4 Å². The summed E-state index contributed by atoms with van der Waals surface area (Å²) in [5.41, 5.74) is 17.5. The maximum Gasteiger partial charge on any atom is 0.0975 e. The first-order valence-corrected chi connectivity index (χ1v) is 13.2. The fourth-order valence-electron chi connectivity index (χ4n) is 5.13. The third-order valence-corrected chi connectivity index (χ3v) is 7.34. The van der Waals surface area contributed by atoms with Crippen molar-refractivity contribution < 1.29 is 0 Å². The molecule has 0 unspecified atom stereocenters. The number of rotatable bonds is 6. The summed E-state index contributed by atoms with van der Waals surface area (Å²) in [5, 5.41) is 2.40. The number of nitrogens with zero attached hydrogens (tertiary/aromatic N) is 2. The molecule has 2 heterocycles. The molecule has 0 spiro atoms. The Morgan fingerprint density at radius 1 is 0.789 bits per heavy atom. The van der Waals surface area contributed by atoms with Gasteiger partial charge in [0.1, 0.15) is 0 Å². The van der Waals surface area contributed by atoms with Gasteiger partial charge in [-0.1, -0.05) is 73.3 Å². The molecular formula is C35H31N3. The molecule has 0 amide bonds. The second kappa shape index (κ2) is 9.75. The van der Waals surface area contributed by atoms with Crippen LogP contribution in [-0.2, 0) is 0 Å². The highest BCUT2D eigenvalue weighted by Crippen LogP contribution is 2.45. The molecule has 0 bridgehead atoms. The van der Waals surface area contributed by atoms with E-state index in [4.69, 9.17) is 15.7 Å². The van der Waals surface area contributed by atoms with Crippen LogP contribution in [0.15, 0.2) is 104 Å². The van der Waals surface area contributed by atoms with E-state index >= 15 is 0 Å². The molecule has 1 aliphatic rings. The van der Waals surface area contributed by atoms with Crippen molar-refractivity contribution in [2.75, 3.05) is 0 Å². The highest BCUT2D eigenvalue weighted by atomic mass is 14.8. The Balaban J connectivity index is 1.49. The summed E-state index contributed by atoms with van der Waals surface area (Å²) in [6, 6.07) is 29.1. The zero-order valence-corrected chi connectivity index (χ0v) is 21.9. The Kier molecular flexibility index (Phi) is 6.13. The monoisotopic (exact) mass is 493 g/mol. The Hall–Kier alpha value is -4.50. The SMILES string of the molecule is C=C(/C=C(\C=C(/N)c1ccccc1)c1ccccc1)c1cc(C)c2cc(C3CC3)c3ccc(C)nc3c2n1. The molecule has 3 heteroatoms. The van der Waals surface area contributed by atoms with Crippen LogP contribution in [0.25, 0.3) is 38.6 Å². The van der Waals surface area contributed by atoms with Crippen LogP contribution in [0.5, 0.6) is 0 Å². The van der Waals surface area contributed by atoms with Crippen LogP contribution in [-0.4, -0.2) is 9.97 Å². The van der Waals surface area contributed by atoms with Gasteiger partial charge in [0.2, 0.25) is 0 Å². The Morgan fingerprint density at radius 3 is 2.13 bits per heavy atom. The van der Waals surface area contributed by atoms with E-state index in [0.717, 1.165) is 44.7 Å². The zero-order chi connectivity index (χ0) is 26.2. The van der Waals surface area contributed by atoms with Crippen molar-refractivity contribution in [1.82, 2.24) is 9.97 Å². The molecule has 38 heavy (non-hydrogen) atoms. The number of aryl methyl sites for hydroxylation is 2. The van der Waals surface area contributed by atoms with Crippen LogP contribution in [0.2, 0.25) is 0 Å². The Morgan fingerprint density at radius 2 is 1.45 bits per heavy atom. The third kappa shape index (κ3) is 4.64. The molecular weight excluding hydrogens is 462 g/mol. The van der Waals surface area contributed by atoms with Crippen molar-refractivity contribution in [2.24, 2.45) is 5.73 Å². The average molecular weight is 494 g/mol. The lowest BCUT2D eigenvalue weighted by atomic mass is 9.96. The van der Waals surface area contributed by atoms with Crippen LogP contribution in [0, 0.1) is 13.8 Å². The fraction of sp³-hybridized carbons (Fsp3) is 0.143. The Bertz CT molecular complexity index is 1740. The maximum atomic E-state index is 6.53. The van der Waals surface area contributed by atoms with Gasteiger partial charge in [0.05, 0.1) is 16.7 Å². The van der Waals surface area contributed by atoms with Crippen molar-refractivity contribution in [3.8, 4) is 0 Å². The number of benzene rings is 3. The van der Waals surface area contributed by atoms with Crippen LogP contribution >= 0.6 is 0 Å². The first-order chi connectivity index (χ1) is 18.5. The van der Waals surface area contributed by atoms with Gasteiger partial charge in [-0.15, -0.1) is 0 Å². The minimum Gasteiger partial charge on any atom is -0.398 e. The minimum absolute atomic E-state index is 0.638. The second-order valence-corrected chi connectivity index (χ2v) is 10.3. The summed E-state index contributed by atoms with van der Waals surface area (Å²) in [4.78, 5) is 10.1. The molecule has 3 nitrogen and oxygen atoms in total. The minimum atomic E-state index is 0.638. The summed E-state index contributed by atoms with van der Waals surface area (Å²) in [5.74, 6) is 0.638. The molecule has 6 rings (SSSR count). The van der Waals surface area contributed by atoms with E-state index in [0.29, 0.717) is 11.6 Å². The molecule has 1 fully saturated rings. The molecule has 0 atom stereocenters. The van der Waals surface area contributed by atoms with Crippen molar-refractivity contribution in [2.45, 2.75) is 32.6 Å². The number of allylic oxidation sites excluding steroid dienone is 4. The largest absolute Gasteiger partial charge is 0.398 e. The predicted molar refractivity (Wildman–Crippen MR) is 161 cm³/mol. The van der Waals surface area contributed by atoms with E-state index in [1.165, 1.54) is 34.7 Å². The lowest BCUT2D eigenvalue weighted by Gasteiger charge is -2.14. The number of hydrogen-bond acceptors (Lipinski definition) is 3. The molecule has 0 aliphatic heterocycles. The number of nitrogens with two attached hydrogens (primary N) is 1. The smallest absolute Gasteiger partial charge is 0.0975 e. The molecule has 1 aliphatic carbocycles. The van der Waals surface area contributed by atoms with Gasteiger partial charge in [-0.2, -0.15) is 0 Å². The lowest BCUT2D eigenvalue weighted by Crippen LogP contribution is -1.98. The standard InChI is InChI=1S/C35H31N3/c1-22-19-33(38-35-30(22)21-31(26-15-16-26)29-17-14-24(3)37-34(29)35)23(2)18-28(25-10-6-4-7-11-25)20-32(36)27-12-8-5-9-13-27/h4-14,17-21,26H,2,15-16,36H2,1,3H3/b28-18+,32-20-. The predicted octanol–water partition coefficient (Wildman–Crippen LogP) is 8.37. The van der Waals surface area contributed by atoms with Crippen molar-refractivity contribution in [1.29, 1.82) is 0 Å². The average Bonchev–Trinajstić information content (AvgIpc) is 3.79. The van der Waals surface area contributed by atoms with Crippen LogP contribution < -0.4 is 5.73 Å². The summed E-state index contributed by atoms with van der Waals surface area (Å²) < 4.78 is 0. The van der Waals surface area contributed by atoms with Crippen LogP contribution in [0.1, 0.15) is 52.4 Å². The lowest BCUT2D eigenvalue weighted by molar-refractivity contribution is 1.14. The molecule has 186 valence electrons. The normalized spacial score (nSPS) is 14.3. The maximum absolute atomic E-state index is 6.53. The molecule has 0 radical (unpaired) electrons. The van der Waals surface area contributed by atoms with Gasteiger partial charge in [-0.3, -0.25) is 4.98 Å². The number of pyridine rings is 2. The molecule has 5 aromatic rings. The molecule has 2 aromatic heterocycles. The second-order valence-electron chi connectivity index (χ2n) is 10.3. The van der Waals surface area contributed by atoms with Gasteiger partial charge < -0.3 is 5.73 Å². The molecule has 2 N–H and O–H groups in total. The van der Waals surface area contributed by atoms with E-state index in [1.54, 1.807) is 0 Å². The topological polar surface area (TPSA) is 51.8 Å².